The van der Waals surface area contributed by atoms with Gasteiger partial charge in [-0.05, 0) is 33.2 Å². The van der Waals surface area contributed by atoms with Crippen LogP contribution in [0.2, 0.25) is 0 Å². The largest absolute Gasteiger partial charge is 0.443 e. The van der Waals surface area contributed by atoms with E-state index in [1.54, 1.807) is 0 Å². The van der Waals surface area contributed by atoms with Gasteiger partial charge in [0.15, 0.2) is 0 Å². The van der Waals surface area contributed by atoms with Crippen LogP contribution < -0.4 is 10.9 Å². The minimum atomic E-state index is -0.794. The average molecular weight is 598 g/mol. The summed E-state index contributed by atoms with van der Waals surface area (Å²) in [5, 5.41) is 11.3. The van der Waals surface area contributed by atoms with Crippen molar-refractivity contribution < 1.29 is 5.02 Å². The first-order chi connectivity index (χ1) is 12.5. The van der Waals surface area contributed by atoms with Crippen LogP contribution in [0.15, 0.2) is 78.6 Å². The van der Waals surface area contributed by atoms with E-state index in [-0.39, 0.29) is 0 Å². The van der Waals surface area contributed by atoms with Crippen LogP contribution in [0, 0.1) is 0 Å². The SMILES string of the molecule is OB(c1c(Br)c2cccccc-2c1Br)c1c(Br)c2cccccc-2c1Br. The van der Waals surface area contributed by atoms with Crippen molar-refractivity contribution in [2.24, 2.45) is 0 Å². The standard InChI is InChI=1S/C20H11BBr4O/c22-17-11-7-3-1-4-8-12(11)18(23)15(17)21(26)16-19(24)13-9-5-2-6-10-14(13)20(16)25/h1-10,26H. The lowest BCUT2D eigenvalue weighted by Gasteiger charge is -2.08. The van der Waals surface area contributed by atoms with Crippen LogP contribution in [-0.2, 0) is 0 Å². The summed E-state index contributed by atoms with van der Waals surface area (Å²) in [6.07, 6.45) is 0. The molecule has 0 bridgehead atoms. The zero-order valence-electron chi connectivity index (χ0n) is 13.3. The van der Waals surface area contributed by atoms with Gasteiger partial charge in [0.25, 0.3) is 0 Å². The minimum absolute atomic E-state index is 0.794. The second-order valence-electron chi connectivity index (χ2n) is 5.96. The van der Waals surface area contributed by atoms with E-state index in [4.69, 9.17) is 0 Å². The molecule has 0 atom stereocenters. The van der Waals surface area contributed by atoms with Gasteiger partial charge in [0.05, 0.1) is 0 Å². The van der Waals surface area contributed by atoms with E-state index >= 15 is 0 Å². The number of hydrogen-bond donors (Lipinski definition) is 1. The molecule has 1 N–H and O–H groups in total. The number of fused-ring (bicyclic) bond motifs is 2. The summed E-state index contributed by atoms with van der Waals surface area (Å²) in [6.45, 7) is -0.794. The summed E-state index contributed by atoms with van der Waals surface area (Å²) in [5.74, 6) is 0. The van der Waals surface area contributed by atoms with Crippen LogP contribution in [0.3, 0.4) is 0 Å². The van der Waals surface area contributed by atoms with Gasteiger partial charge in [0.1, 0.15) is 0 Å². The number of hydrogen-bond acceptors (Lipinski definition) is 1. The molecule has 0 heterocycles. The van der Waals surface area contributed by atoms with Gasteiger partial charge in [-0.3, -0.25) is 0 Å². The van der Waals surface area contributed by atoms with Crippen molar-refractivity contribution in [2.45, 2.75) is 0 Å². The predicted octanol–water partition coefficient (Wildman–Crippen LogP) is 6.04. The van der Waals surface area contributed by atoms with E-state index in [0.717, 1.165) is 51.1 Å². The molecule has 4 aliphatic carbocycles. The molecule has 0 aromatic rings. The quantitative estimate of drug-likeness (QED) is 0.279. The van der Waals surface area contributed by atoms with E-state index in [0.29, 0.717) is 0 Å². The van der Waals surface area contributed by atoms with E-state index in [2.05, 4.69) is 63.7 Å². The molecule has 4 rings (SSSR count). The Balaban J connectivity index is 1.98. The smallest absolute Gasteiger partial charge is 0.363 e. The fourth-order valence-electron chi connectivity index (χ4n) is 3.26. The zero-order chi connectivity index (χ0) is 18.4. The maximum Gasteiger partial charge on any atom is 0.363 e. The molecule has 0 aromatic carbocycles. The minimum Gasteiger partial charge on any atom is -0.443 e. The molecular formula is C20H11BBr4O. The van der Waals surface area contributed by atoms with Gasteiger partial charge in [-0.1, -0.05) is 124 Å². The maximum atomic E-state index is 11.3. The Labute approximate surface area is 186 Å². The van der Waals surface area contributed by atoms with Crippen molar-refractivity contribution in [1.29, 1.82) is 0 Å². The first-order valence-corrected chi connectivity index (χ1v) is 11.1. The molecule has 0 spiro atoms. The molecular weight excluding hydrogens is 587 g/mol. The Morgan fingerprint density at radius 3 is 1.04 bits per heavy atom. The Morgan fingerprint density at radius 1 is 0.500 bits per heavy atom. The van der Waals surface area contributed by atoms with Crippen molar-refractivity contribution >= 4 is 81.6 Å². The Kier molecular flexibility index (Phi) is 5.32. The third kappa shape index (κ3) is 2.90. The highest BCUT2D eigenvalue weighted by molar-refractivity contribution is 9.11. The molecule has 0 saturated heterocycles. The van der Waals surface area contributed by atoms with E-state index in [9.17, 15) is 5.02 Å². The third-order valence-electron chi connectivity index (χ3n) is 4.51. The second kappa shape index (κ2) is 7.40. The summed E-state index contributed by atoms with van der Waals surface area (Å²) in [6, 6.07) is 20.2. The van der Waals surface area contributed by atoms with Crippen molar-refractivity contribution in [3.05, 3.63) is 78.6 Å². The fraction of sp³-hybridized carbons (Fsp3) is 0. The van der Waals surface area contributed by atoms with Crippen LogP contribution >= 0.6 is 63.7 Å². The molecule has 0 fully saturated rings. The van der Waals surface area contributed by atoms with E-state index in [1.165, 1.54) is 0 Å². The van der Waals surface area contributed by atoms with Crippen LogP contribution in [0.25, 0.3) is 22.3 Å². The summed E-state index contributed by atoms with van der Waals surface area (Å²) in [7, 11) is 0. The molecule has 0 aliphatic heterocycles. The molecule has 6 heteroatoms. The normalized spacial score (nSPS) is 11.3. The molecule has 26 heavy (non-hydrogen) atoms. The molecule has 0 radical (unpaired) electrons. The van der Waals surface area contributed by atoms with Gasteiger partial charge in [-0.15, -0.1) is 0 Å². The van der Waals surface area contributed by atoms with Gasteiger partial charge in [-0.25, -0.2) is 0 Å². The van der Waals surface area contributed by atoms with E-state index in [1.807, 2.05) is 60.7 Å². The Morgan fingerprint density at radius 2 is 0.769 bits per heavy atom. The molecule has 0 aromatic heterocycles. The monoisotopic (exact) mass is 594 g/mol. The third-order valence-corrected chi connectivity index (χ3v) is 7.93. The van der Waals surface area contributed by atoms with Crippen molar-refractivity contribution in [1.82, 2.24) is 0 Å². The van der Waals surface area contributed by atoms with E-state index < -0.39 is 6.92 Å². The first-order valence-electron chi connectivity index (χ1n) is 7.91. The highest BCUT2D eigenvalue weighted by Gasteiger charge is 2.34. The van der Waals surface area contributed by atoms with Crippen molar-refractivity contribution in [2.75, 3.05) is 0 Å². The Hall–Kier alpha value is -0.655. The van der Waals surface area contributed by atoms with Crippen LogP contribution in [0.5, 0.6) is 0 Å². The lowest BCUT2D eigenvalue weighted by molar-refractivity contribution is 0.600. The lowest BCUT2D eigenvalue weighted by atomic mass is 9.57. The summed E-state index contributed by atoms with van der Waals surface area (Å²) < 4.78 is 3.60. The molecule has 1 nitrogen and oxygen atoms in total. The lowest BCUT2D eigenvalue weighted by Crippen LogP contribution is -2.43. The molecule has 128 valence electrons. The fourth-order valence-corrected chi connectivity index (χ4v) is 6.83. The topological polar surface area (TPSA) is 20.2 Å². The van der Waals surface area contributed by atoms with Gasteiger partial charge in [-0.2, -0.15) is 0 Å². The molecule has 0 saturated carbocycles. The van der Waals surface area contributed by atoms with Gasteiger partial charge in [0.2, 0.25) is 0 Å². The van der Waals surface area contributed by atoms with Crippen LogP contribution in [-0.4, -0.2) is 11.9 Å². The first kappa shape index (κ1) is 18.7. The second-order valence-corrected chi connectivity index (χ2v) is 9.13. The summed E-state index contributed by atoms with van der Waals surface area (Å²) in [5.41, 5.74) is 5.90. The average Bonchev–Trinajstić information content (AvgIpc) is 2.91. The Bertz CT molecular complexity index is 908. The number of halogens is 4. The molecule has 4 aliphatic rings. The molecule has 0 amide bonds. The predicted molar refractivity (Wildman–Crippen MR) is 124 cm³/mol. The van der Waals surface area contributed by atoms with Crippen molar-refractivity contribution in [3.63, 3.8) is 0 Å². The molecule has 0 unspecified atom stereocenters. The van der Waals surface area contributed by atoms with Gasteiger partial charge < -0.3 is 5.02 Å². The maximum absolute atomic E-state index is 11.3. The zero-order valence-corrected chi connectivity index (χ0v) is 19.7. The van der Waals surface area contributed by atoms with Gasteiger partial charge in [0, 0.05) is 17.9 Å². The summed E-state index contributed by atoms with van der Waals surface area (Å²) in [4.78, 5) is 0. The van der Waals surface area contributed by atoms with Gasteiger partial charge >= 0.3 is 6.92 Å². The highest BCUT2D eigenvalue weighted by atomic mass is 79.9. The van der Waals surface area contributed by atoms with Crippen LogP contribution in [0.4, 0.5) is 0 Å². The highest BCUT2D eigenvalue weighted by Crippen LogP contribution is 2.40. The number of rotatable bonds is 2. The van der Waals surface area contributed by atoms with Crippen molar-refractivity contribution in [3.8, 4) is 22.3 Å². The van der Waals surface area contributed by atoms with Crippen LogP contribution in [0.1, 0.15) is 0 Å². The summed E-state index contributed by atoms with van der Waals surface area (Å²) >= 11 is 14.8.